The van der Waals surface area contributed by atoms with Crippen LogP contribution in [-0.2, 0) is 16.1 Å². The van der Waals surface area contributed by atoms with Crippen LogP contribution in [0.5, 0.6) is 0 Å². The van der Waals surface area contributed by atoms with Gasteiger partial charge in [-0.05, 0) is 24.5 Å². The van der Waals surface area contributed by atoms with Crippen LogP contribution in [-0.4, -0.2) is 37.6 Å². The fourth-order valence-corrected chi connectivity index (χ4v) is 3.04. The SMILES string of the molecule is CN(Cc1ccccc1Br)C(=O)C1(CN)CCOCC1.Cl. The lowest BCUT2D eigenvalue weighted by Crippen LogP contribution is -2.49. The van der Waals surface area contributed by atoms with Gasteiger partial charge < -0.3 is 15.4 Å². The maximum Gasteiger partial charge on any atom is 0.230 e. The highest BCUT2D eigenvalue weighted by Crippen LogP contribution is 2.32. The number of hydrogen-bond acceptors (Lipinski definition) is 3. The van der Waals surface area contributed by atoms with Crippen LogP contribution in [0.15, 0.2) is 28.7 Å². The molecule has 2 rings (SSSR count). The van der Waals surface area contributed by atoms with E-state index in [0.717, 1.165) is 10.0 Å². The summed E-state index contributed by atoms with van der Waals surface area (Å²) in [6.45, 7) is 2.20. The van der Waals surface area contributed by atoms with Crippen molar-refractivity contribution < 1.29 is 9.53 Å². The van der Waals surface area contributed by atoms with Crippen LogP contribution < -0.4 is 5.73 Å². The Morgan fingerprint density at radius 1 is 1.38 bits per heavy atom. The molecule has 1 fully saturated rings. The molecule has 1 aromatic rings. The standard InChI is InChI=1S/C15H21BrN2O2.ClH/c1-18(10-12-4-2-3-5-13(12)16)14(19)15(11-17)6-8-20-9-7-15;/h2-5H,6-11,17H2,1H3;1H. The van der Waals surface area contributed by atoms with Crippen molar-refractivity contribution in [2.75, 3.05) is 26.8 Å². The van der Waals surface area contributed by atoms with Gasteiger partial charge in [0.1, 0.15) is 0 Å². The molecule has 1 aromatic carbocycles. The Balaban J connectivity index is 0.00000220. The topological polar surface area (TPSA) is 55.6 Å². The van der Waals surface area contributed by atoms with Gasteiger partial charge >= 0.3 is 0 Å². The molecule has 21 heavy (non-hydrogen) atoms. The molecular formula is C15H22BrClN2O2. The zero-order chi connectivity index (χ0) is 14.6. The minimum Gasteiger partial charge on any atom is -0.381 e. The lowest BCUT2D eigenvalue weighted by molar-refractivity contribution is -0.146. The van der Waals surface area contributed by atoms with Crippen molar-refractivity contribution in [3.05, 3.63) is 34.3 Å². The molecule has 0 unspecified atom stereocenters. The Labute approximate surface area is 140 Å². The number of carbonyl (C=O) groups is 1. The van der Waals surface area contributed by atoms with Crippen molar-refractivity contribution in [3.63, 3.8) is 0 Å². The number of carbonyl (C=O) groups excluding carboxylic acids is 1. The zero-order valence-electron chi connectivity index (χ0n) is 12.2. The molecule has 1 heterocycles. The van der Waals surface area contributed by atoms with Crippen LogP contribution in [0.25, 0.3) is 0 Å². The Morgan fingerprint density at radius 3 is 2.57 bits per heavy atom. The summed E-state index contributed by atoms with van der Waals surface area (Å²) in [5, 5.41) is 0. The second-order valence-electron chi connectivity index (χ2n) is 5.35. The zero-order valence-corrected chi connectivity index (χ0v) is 14.6. The van der Waals surface area contributed by atoms with Crippen LogP contribution in [0.3, 0.4) is 0 Å². The second kappa shape index (κ2) is 8.13. The lowest BCUT2D eigenvalue weighted by Gasteiger charge is -2.37. The minimum absolute atomic E-state index is 0. The molecule has 0 spiro atoms. The second-order valence-corrected chi connectivity index (χ2v) is 6.20. The molecule has 118 valence electrons. The first-order valence-corrected chi connectivity index (χ1v) is 7.65. The van der Waals surface area contributed by atoms with E-state index in [0.29, 0.717) is 39.1 Å². The van der Waals surface area contributed by atoms with Crippen LogP contribution in [0, 0.1) is 5.41 Å². The lowest BCUT2D eigenvalue weighted by atomic mass is 9.79. The van der Waals surface area contributed by atoms with Gasteiger partial charge in [-0.15, -0.1) is 12.4 Å². The fourth-order valence-electron chi connectivity index (χ4n) is 2.63. The van der Waals surface area contributed by atoms with Crippen molar-refractivity contribution >= 4 is 34.2 Å². The highest BCUT2D eigenvalue weighted by molar-refractivity contribution is 9.10. The van der Waals surface area contributed by atoms with Crippen molar-refractivity contribution in [2.24, 2.45) is 11.1 Å². The van der Waals surface area contributed by atoms with Gasteiger partial charge in [-0.1, -0.05) is 34.1 Å². The molecule has 6 heteroatoms. The van der Waals surface area contributed by atoms with Crippen LogP contribution in [0.4, 0.5) is 0 Å². The first-order valence-electron chi connectivity index (χ1n) is 6.86. The molecule has 1 saturated heterocycles. The normalized spacial score (nSPS) is 16.9. The van der Waals surface area contributed by atoms with Crippen molar-refractivity contribution in [1.29, 1.82) is 0 Å². The number of nitrogens with zero attached hydrogens (tertiary/aromatic N) is 1. The number of nitrogens with two attached hydrogens (primary N) is 1. The van der Waals surface area contributed by atoms with Gasteiger partial charge in [0.2, 0.25) is 5.91 Å². The van der Waals surface area contributed by atoms with Gasteiger partial charge in [0, 0.05) is 37.8 Å². The maximum atomic E-state index is 12.7. The summed E-state index contributed by atoms with van der Waals surface area (Å²) in [6.07, 6.45) is 1.42. The predicted molar refractivity (Wildman–Crippen MR) is 89.4 cm³/mol. The molecule has 0 bridgehead atoms. The minimum atomic E-state index is -0.450. The Bertz CT molecular complexity index is 478. The van der Waals surface area contributed by atoms with E-state index in [1.807, 2.05) is 31.3 Å². The highest BCUT2D eigenvalue weighted by Gasteiger charge is 2.40. The summed E-state index contributed by atoms with van der Waals surface area (Å²) in [4.78, 5) is 14.5. The summed E-state index contributed by atoms with van der Waals surface area (Å²) in [5.74, 6) is 0.124. The van der Waals surface area contributed by atoms with E-state index in [4.69, 9.17) is 10.5 Å². The molecule has 0 aliphatic carbocycles. The number of ether oxygens (including phenoxy) is 1. The number of benzene rings is 1. The molecule has 2 N–H and O–H groups in total. The Kier molecular flexibility index (Phi) is 7.13. The molecule has 0 saturated carbocycles. The fraction of sp³-hybridized carbons (Fsp3) is 0.533. The molecule has 0 atom stereocenters. The molecule has 0 radical (unpaired) electrons. The summed E-state index contributed by atoms with van der Waals surface area (Å²) in [6, 6.07) is 7.95. The van der Waals surface area contributed by atoms with Crippen molar-refractivity contribution in [2.45, 2.75) is 19.4 Å². The van der Waals surface area contributed by atoms with Crippen LogP contribution >= 0.6 is 28.3 Å². The van der Waals surface area contributed by atoms with Gasteiger partial charge in [-0.3, -0.25) is 4.79 Å². The third-order valence-electron chi connectivity index (χ3n) is 4.01. The number of halogens is 2. The van der Waals surface area contributed by atoms with E-state index in [1.54, 1.807) is 4.90 Å². The Hall–Kier alpha value is -0.620. The molecule has 1 aliphatic heterocycles. The number of amides is 1. The largest absolute Gasteiger partial charge is 0.381 e. The third-order valence-corrected chi connectivity index (χ3v) is 4.78. The smallest absolute Gasteiger partial charge is 0.230 e. The summed E-state index contributed by atoms with van der Waals surface area (Å²) >= 11 is 3.52. The van der Waals surface area contributed by atoms with Crippen molar-refractivity contribution in [3.8, 4) is 0 Å². The third kappa shape index (κ3) is 4.19. The van der Waals surface area contributed by atoms with E-state index in [2.05, 4.69) is 15.9 Å². The first kappa shape index (κ1) is 18.4. The number of hydrogen-bond donors (Lipinski definition) is 1. The molecule has 1 amide bonds. The summed E-state index contributed by atoms with van der Waals surface area (Å²) in [7, 11) is 1.84. The summed E-state index contributed by atoms with van der Waals surface area (Å²) < 4.78 is 6.38. The van der Waals surface area contributed by atoms with Crippen LogP contribution in [0.1, 0.15) is 18.4 Å². The number of rotatable bonds is 4. The van der Waals surface area contributed by atoms with Gasteiger partial charge in [0.15, 0.2) is 0 Å². The molecule has 0 aromatic heterocycles. The van der Waals surface area contributed by atoms with Gasteiger partial charge in [0.25, 0.3) is 0 Å². The quantitative estimate of drug-likeness (QED) is 0.877. The van der Waals surface area contributed by atoms with Gasteiger partial charge in [-0.2, -0.15) is 0 Å². The van der Waals surface area contributed by atoms with E-state index in [-0.39, 0.29) is 18.3 Å². The van der Waals surface area contributed by atoms with E-state index in [9.17, 15) is 4.79 Å². The van der Waals surface area contributed by atoms with Gasteiger partial charge in [0.05, 0.1) is 5.41 Å². The van der Waals surface area contributed by atoms with E-state index < -0.39 is 5.41 Å². The van der Waals surface area contributed by atoms with Crippen molar-refractivity contribution in [1.82, 2.24) is 4.90 Å². The first-order chi connectivity index (χ1) is 9.59. The summed E-state index contributed by atoms with van der Waals surface area (Å²) in [5.41, 5.74) is 6.54. The van der Waals surface area contributed by atoms with E-state index in [1.165, 1.54) is 0 Å². The Morgan fingerprint density at radius 2 is 2.00 bits per heavy atom. The highest BCUT2D eigenvalue weighted by atomic mass is 79.9. The predicted octanol–water partition coefficient (Wildman–Crippen LogP) is 2.58. The van der Waals surface area contributed by atoms with Gasteiger partial charge in [-0.25, -0.2) is 0 Å². The molecule has 4 nitrogen and oxygen atoms in total. The average molecular weight is 378 g/mol. The molecular weight excluding hydrogens is 356 g/mol. The van der Waals surface area contributed by atoms with E-state index >= 15 is 0 Å². The average Bonchev–Trinajstić information content (AvgIpc) is 2.49. The monoisotopic (exact) mass is 376 g/mol. The molecule has 1 aliphatic rings. The van der Waals surface area contributed by atoms with Crippen LogP contribution in [0.2, 0.25) is 0 Å². The maximum absolute atomic E-state index is 12.7.